The third-order valence-electron chi connectivity index (χ3n) is 13.4. The van der Waals surface area contributed by atoms with Crippen LogP contribution in [0.3, 0.4) is 0 Å². The van der Waals surface area contributed by atoms with E-state index in [2.05, 4.69) is 231 Å². The number of fused-ring (bicyclic) bond motifs is 17. The highest BCUT2D eigenvalue weighted by molar-refractivity contribution is 6.12. The second-order valence-corrected chi connectivity index (χ2v) is 16.3. The topological polar surface area (TPSA) is 30.9 Å². The highest BCUT2D eigenvalue weighted by Gasteiger charge is 2.55. The van der Waals surface area contributed by atoms with Crippen LogP contribution in [0.4, 0.5) is 11.6 Å². The van der Waals surface area contributed by atoms with Crippen LogP contribution in [0.25, 0.3) is 82.8 Å². The first-order valence-electron chi connectivity index (χ1n) is 21.0. The Morgan fingerprint density at radius 1 is 0.328 bits per heavy atom. The molecule has 61 heavy (non-hydrogen) atoms. The summed E-state index contributed by atoms with van der Waals surface area (Å²) >= 11 is 0. The van der Waals surface area contributed by atoms with Gasteiger partial charge in [0, 0.05) is 44.2 Å². The minimum atomic E-state index is -0.736. The lowest BCUT2D eigenvalue weighted by atomic mass is 9.76. The lowest BCUT2D eigenvalue weighted by Crippen LogP contribution is -2.48. The zero-order valence-electron chi connectivity index (χ0n) is 32.9. The number of nitrogens with zero attached hydrogens (tertiary/aromatic N) is 5. The van der Waals surface area contributed by atoms with E-state index in [0.717, 1.165) is 45.2 Å². The Morgan fingerprint density at radius 2 is 0.820 bits per heavy atom. The van der Waals surface area contributed by atoms with Crippen molar-refractivity contribution in [2.45, 2.75) is 5.54 Å². The monoisotopic (exact) mass is 777 g/mol. The molecule has 1 aliphatic carbocycles. The molecule has 0 saturated carbocycles. The zero-order chi connectivity index (χ0) is 39.8. The molecule has 5 nitrogen and oxygen atoms in total. The Bertz CT molecular complexity index is 3690. The molecule has 0 bridgehead atoms. The van der Waals surface area contributed by atoms with Crippen LogP contribution in [0.1, 0.15) is 16.7 Å². The van der Waals surface area contributed by atoms with Gasteiger partial charge in [-0.05, 0) is 101 Å². The van der Waals surface area contributed by atoms with Gasteiger partial charge >= 0.3 is 0 Å². The molecule has 0 atom stereocenters. The fraction of sp³-hybridized carbons (Fsp3) is 0.0179. The molecule has 2 aliphatic rings. The molecule has 0 amide bonds. The largest absolute Gasteiger partial charge is 0.309 e. The summed E-state index contributed by atoms with van der Waals surface area (Å²) in [6, 6.07) is 77.8. The number of anilines is 2. The number of para-hydroxylation sites is 6. The van der Waals surface area contributed by atoms with Crippen molar-refractivity contribution in [3.63, 3.8) is 0 Å². The summed E-state index contributed by atoms with van der Waals surface area (Å²) in [6.07, 6.45) is 0. The smallest absolute Gasteiger partial charge is 0.217 e. The maximum absolute atomic E-state index is 5.48. The number of hydrogen-bond acceptors (Lipinski definition) is 2. The predicted molar refractivity (Wildman–Crippen MR) is 250 cm³/mol. The van der Waals surface area contributed by atoms with Crippen LogP contribution < -0.4 is 4.90 Å². The average Bonchev–Trinajstić information content (AvgIpc) is 4.05. The maximum Gasteiger partial charge on any atom is 0.217 e. The third-order valence-corrected chi connectivity index (χ3v) is 13.4. The number of imidazole rings is 1. The van der Waals surface area contributed by atoms with Crippen LogP contribution in [0.15, 0.2) is 212 Å². The van der Waals surface area contributed by atoms with E-state index < -0.39 is 5.54 Å². The summed E-state index contributed by atoms with van der Waals surface area (Å²) in [5, 5.41) is 4.96. The van der Waals surface area contributed by atoms with Crippen molar-refractivity contribution in [3.8, 4) is 28.2 Å². The van der Waals surface area contributed by atoms with Crippen molar-refractivity contribution < 1.29 is 0 Å². The number of rotatable bonds is 3. The van der Waals surface area contributed by atoms with Gasteiger partial charge in [0.2, 0.25) is 5.95 Å². The standard InChI is InChI=1S/C56H35N5/c1-2-16-36(17-3-1)61-55-57-48-25-11-15-29-54(48)60(55)53-33-31-38(35-47(53)56(61)45-23-9-4-18-39(45)40-19-5-10-24-46(40)56)59-51-28-14-8-22-43(51)44-34-37(30-32-52(44)59)58-49-26-12-6-20-41(49)42-21-7-13-27-50(42)58/h1-35H. The highest BCUT2D eigenvalue weighted by atomic mass is 15.4. The van der Waals surface area contributed by atoms with Crippen molar-refractivity contribution in [3.05, 3.63) is 229 Å². The summed E-state index contributed by atoms with van der Waals surface area (Å²) < 4.78 is 7.26. The van der Waals surface area contributed by atoms with Crippen molar-refractivity contribution in [1.29, 1.82) is 0 Å². The van der Waals surface area contributed by atoms with Crippen LogP contribution in [0, 0.1) is 0 Å². The molecule has 0 saturated heterocycles. The predicted octanol–water partition coefficient (Wildman–Crippen LogP) is 13.6. The summed E-state index contributed by atoms with van der Waals surface area (Å²) in [5.41, 5.74) is 16.7. The van der Waals surface area contributed by atoms with Crippen LogP contribution in [-0.2, 0) is 5.54 Å². The van der Waals surface area contributed by atoms with E-state index in [9.17, 15) is 0 Å². The highest BCUT2D eigenvalue weighted by Crippen LogP contribution is 2.61. The van der Waals surface area contributed by atoms with Gasteiger partial charge in [0.25, 0.3) is 0 Å². The summed E-state index contributed by atoms with van der Waals surface area (Å²) in [4.78, 5) is 7.99. The van der Waals surface area contributed by atoms with E-state index in [-0.39, 0.29) is 0 Å². The second kappa shape index (κ2) is 12.0. The Hall–Kier alpha value is -8.15. The molecule has 0 radical (unpaired) electrons. The number of aromatic nitrogens is 4. The minimum absolute atomic E-state index is 0.736. The van der Waals surface area contributed by atoms with Gasteiger partial charge in [-0.1, -0.05) is 133 Å². The lowest BCUT2D eigenvalue weighted by Gasteiger charge is -2.48. The number of benzene rings is 9. The van der Waals surface area contributed by atoms with E-state index in [4.69, 9.17) is 4.98 Å². The van der Waals surface area contributed by atoms with Gasteiger partial charge in [-0.25, -0.2) is 4.98 Å². The van der Waals surface area contributed by atoms with Gasteiger partial charge in [0.15, 0.2) is 0 Å². The average molecular weight is 778 g/mol. The van der Waals surface area contributed by atoms with Crippen molar-refractivity contribution in [1.82, 2.24) is 18.7 Å². The van der Waals surface area contributed by atoms with Crippen molar-refractivity contribution in [2.75, 3.05) is 4.90 Å². The lowest BCUT2D eigenvalue weighted by molar-refractivity contribution is 0.602. The van der Waals surface area contributed by atoms with Gasteiger partial charge in [0.1, 0.15) is 5.54 Å². The van der Waals surface area contributed by atoms with Crippen LogP contribution in [-0.4, -0.2) is 18.7 Å². The molecule has 0 fully saturated rings. The van der Waals surface area contributed by atoms with E-state index in [1.807, 2.05) is 0 Å². The fourth-order valence-corrected chi connectivity index (χ4v) is 11.0. The van der Waals surface area contributed by atoms with Gasteiger partial charge in [-0.3, -0.25) is 9.47 Å². The second-order valence-electron chi connectivity index (χ2n) is 16.3. The summed E-state index contributed by atoms with van der Waals surface area (Å²) in [5.74, 6) is 0.897. The Kier molecular flexibility index (Phi) is 6.43. The molecule has 1 spiro atoms. The Labute approximate surface area is 351 Å². The normalized spacial score (nSPS) is 13.7. The maximum atomic E-state index is 5.48. The quantitative estimate of drug-likeness (QED) is 0.179. The minimum Gasteiger partial charge on any atom is -0.309 e. The molecule has 284 valence electrons. The molecular weight excluding hydrogens is 743 g/mol. The Balaban J connectivity index is 1.09. The van der Waals surface area contributed by atoms with Crippen LogP contribution >= 0.6 is 0 Å². The van der Waals surface area contributed by atoms with E-state index >= 15 is 0 Å². The molecule has 0 N–H and O–H groups in total. The Morgan fingerprint density at radius 3 is 1.48 bits per heavy atom. The molecule has 12 aromatic rings. The molecule has 14 rings (SSSR count). The van der Waals surface area contributed by atoms with Gasteiger partial charge in [-0.15, -0.1) is 0 Å². The molecule has 5 heteroatoms. The third kappa shape index (κ3) is 4.17. The molecule has 0 unspecified atom stereocenters. The molecule has 9 aromatic carbocycles. The van der Waals surface area contributed by atoms with E-state index in [1.54, 1.807) is 0 Å². The number of hydrogen-bond donors (Lipinski definition) is 0. The molecule has 1 aliphatic heterocycles. The van der Waals surface area contributed by atoms with Crippen LogP contribution in [0.5, 0.6) is 0 Å². The first-order valence-corrected chi connectivity index (χ1v) is 21.0. The van der Waals surface area contributed by atoms with Crippen molar-refractivity contribution >= 4 is 66.3 Å². The fourth-order valence-electron chi connectivity index (χ4n) is 11.0. The summed E-state index contributed by atoms with van der Waals surface area (Å²) in [6.45, 7) is 0. The molecule has 4 heterocycles. The van der Waals surface area contributed by atoms with Crippen LogP contribution in [0.2, 0.25) is 0 Å². The zero-order valence-corrected chi connectivity index (χ0v) is 32.9. The van der Waals surface area contributed by atoms with Gasteiger partial charge < -0.3 is 9.13 Å². The van der Waals surface area contributed by atoms with E-state index in [1.165, 1.54) is 65.9 Å². The molecular formula is C56H35N5. The van der Waals surface area contributed by atoms with Gasteiger partial charge in [-0.2, -0.15) is 0 Å². The summed E-state index contributed by atoms with van der Waals surface area (Å²) in [7, 11) is 0. The first-order chi connectivity index (χ1) is 30.3. The first kappa shape index (κ1) is 32.8. The van der Waals surface area contributed by atoms with E-state index in [0.29, 0.717) is 0 Å². The van der Waals surface area contributed by atoms with Gasteiger partial charge in [0.05, 0.1) is 38.8 Å². The molecule has 3 aromatic heterocycles. The van der Waals surface area contributed by atoms with Crippen molar-refractivity contribution in [2.24, 2.45) is 0 Å². The SMILES string of the molecule is c1ccc(N2c3nc4ccccc4n3-c3ccc(-n4c5ccccc5c5cc(-n6c7ccccc7c7ccccc76)ccc54)cc3C23c2ccccc2-c2ccccc23)cc1.